The molecule has 0 aromatic heterocycles. The number of hydrogen-bond donors (Lipinski definition) is 2. The molecule has 0 saturated heterocycles. The molecular weight excluding hydrogens is 364 g/mol. The van der Waals surface area contributed by atoms with Crippen LogP contribution in [0.4, 0.5) is 5.69 Å². The molecule has 154 valence electrons. The van der Waals surface area contributed by atoms with Crippen molar-refractivity contribution in [1.82, 2.24) is 5.32 Å². The lowest BCUT2D eigenvalue weighted by atomic mass is 9.81. The summed E-state index contributed by atoms with van der Waals surface area (Å²) in [7, 11) is 0. The Hall–Kier alpha value is -2.82. The van der Waals surface area contributed by atoms with Crippen molar-refractivity contribution in [2.75, 3.05) is 11.9 Å². The van der Waals surface area contributed by atoms with E-state index < -0.39 is 0 Å². The number of benzene rings is 2. The Morgan fingerprint density at radius 3 is 2.21 bits per heavy atom. The Bertz CT molecular complexity index is 799. The quantitative estimate of drug-likeness (QED) is 0.609. The maximum Gasteiger partial charge on any atom is 0.227 e. The van der Waals surface area contributed by atoms with Crippen molar-refractivity contribution in [3.8, 4) is 11.5 Å². The van der Waals surface area contributed by atoms with Gasteiger partial charge in [-0.15, -0.1) is 0 Å². The Balaban J connectivity index is 1.53. The first-order valence-corrected chi connectivity index (χ1v) is 10.6. The van der Waals surface area contributed by atoms with Gasteiger partial charge in [-0.05, 0) is 56.4 Å². The topological polar surface area (TPSA) is 67.4 Å². The van der Waals surface area contributed by atoms with Gasteiger partial charge in [0.2, 0.25) is 11.8 Å². The molecule has 0 radical (unpaired) electrons. The molecule has 2 aromatic carbocycles. The molecule has 1 fully saturated rings. The molecule has 0 spiro atoms. The fourth-order valence-electron chi connectivity index (χ4n) is 3.66. The fourth-order valence-corrected chi connectivity index (χ4v) is 3.66. The Kier molecular flexibility index (Phi) is 7.68. The summed E-state index contributed by atoms with van der Waals surface area (Å²) in [4.78, 5) is 25.0. The van der Waals surface area contributed by atoms with Gasteiger partial charge in [-0.25, -0.2) is 0 Å². The van der Waals surface area contributed by atoms with Crippen LogP contribution in [-0.2, 0) is 9.59 Å². The van der Waals surface area contributed by atoms with Gasteiger partial charge in [0, 0.05) is 18.4 Å². The van der Waals surface area contributed by atoms with Crippen LogP contribution in [0.3, 0.4) is 0 Å². The third-order valence-electron chi connectivity index (χ3n) is 5.41. The van der Waals surface area contributed by atoms with Gasteiger partial charge in [0.05, 0.1) is 5.69 Å². The molecule has 0 atom stereocenters. The number of ether oxygens (including phenoxy) is 1. The van der Waals surface area contributed by atoms with E-state index in [9.17, 15) is 9.59 Å². The normalized spacial score (nSPS) is 18.7. The van der Waals surface area contributed by atoms with E-state index in [1.54, 1.807) is 0 Å². The number of amides is 2. The molecule has 0 aliphatic heterocycles. The lowest BCUT2D eigenvalue weighted by molar-refractivity contribution is -0.128. The highest BCUT2D eigenvalue weighted by Gasteiger charge is 2.30. The maximum atomic E-state index is 12.8. The highest BCUT2D eigenvalue weighted by atomic mass is 16.5. The summed E-state index contributed by atoms with van der Waals surface area (Å²) < 4.78 is 5.93. The van der Waals surface area contributed by atoms with Gasteiger partial charge in [0.15, 0.2) is 5.75 Å². The van der Waals surface area contributed by atoms with Crippen LogP contribution >= 0.6 is 0 Å². The molecule has 1 aliphatic rings. The van der Waals surface area contributed by atoms with Crippen molar-refractivity contribution in [2.45, 2.75) is 45.4 Å². The second-order valence-electron chi connectivity index (χ2n) is 7.59. The first kappa shape index (κ1) is 20.9. The number of nitrogens with one attached hydrogen (secondary N) is 2. The summed E-state index contributed by atoms with van der Waals surface area (Å²) in [6, 6.07) is 17.0. The molecule has 0 unspecified atom stereocenters. The van der Waals surface area contributed by atoms with E-state index in [4.69, 9.17) is 4.74 Å². The summed E-state index contributed by atoms with van der Waals surface area (Å²) >= 11 is 0. The molecule has 2 N–H and O–H groups in total. The van der Waals surface area contributed by atoms with Crippen molar-refractivity contribution in [3.05, 3.63) is 54.6 Å². The number of carbonyl (C=O) groups excluding carboxylic acids is 2. The molecule has 1 saturated carbocycles. The van der Waals surface area contributed by atoms with Gasteiger partial charge in [-0.1, -0.05) is 43.7 Å². The van der Waals surface area contributed by atoms with E-state index >= 15 is 0 Å². The minimum Gasteiger partial charge on any atom is -0.455 e. The molecule has 0 bridgehead atoms. The smallest absolute Gasteiger partial charge is 0.227 e. The summed E-state index contributed by atoms with van der Waals surface area (Å²) in [5.74, 6) is 1.45. The van der Waals surface area contributed by atoms with Crippen LogP contribution in [0.2, 0.25) is 0 Å². The molecule has 1 aliphatic carbocycles. The number of hydrogen-bond acceptors (Lipinski definition) is 3. The Morgan fingerprint density at radius 1 is 0.897 bits per heavy atom. The summed E-state index contributed by atoms with van der Waals surface area (Å²) in [6.45, 7) is 2.85. The minimum absolute atomic E-state index is 0.000970. The average molecular weight is 395 g/mol. The highest BCUT2D eigenvalue weighted by Crippen LogP contribution is 2.33. The number of para-hydroxylation sites is 3. The van der Waals surface area contributed by atoms with E-state index in [1.807, 2.05) is 54.6 Å². The van der Waals surface area contributed by atoms with E-state index in [2.05, 4.69) is 17.6 Å². The number of carbonyl (C=O) groups is 2. The van der Waals surface area contributed by atoms with E-state index in [-0.39, 0.29) is 23.7 Å². The standard InChI is InChI=1S/C24H30N2O3/c1-2-3-17-25-23(27)18-13-15-19(16-14-18)24(28)26-21-11-7-8-12-22(21)29-20-9-5-4-6-10-20/h4-12,18-19H,2-3,13-17H2,1H3,(H,25,27)(H,26,28). The van der Waals surface area contributed by atoms with Crippen molar-refractivity contribution in [1.29, 1.82) is 0 Å². The van der Waals surface area contributed by atoms with E-state index in [0.29, 0.717) is 11.4 Å². The van der Waals surface area contributed by atoms with Crippen LogP contribution in [0.5, 0.6) is 11.5 Å². The maximum absolute atomic E-state index is 12.8. The van der Waals surface area contributed by atoms with Crippen molar-refractivity contribution >= 4 is 17.5 Å². The number of unbranched alkanes of at least 4 members (excludes halogenated alkanes) is 1. The van der Waals surface area contributed by atoms with E-state index in [0.717, 1.165) is 50.8 Å². The minimum atomic E-state index is -0.0699. The van der Waals surface area contributed by atoms with Crippen molar-refractivity contribution in [2.24, 2.45) is 11.8 Å². The molecule has 29 heavy (non-hydrogen) atoms. The van der Waals surface area contributed by atoms with E-state index in [1.165, 1.54) is 0 Å². The van der Waals surface area contributed by atoms with Crippen LogP contribution in [0.15, 0.2) is 54.6 Å². The highest BCUT2D eigenvalue weighted by molar-refractivity contribution is 5.94. The predicted octanol–water partition coefficient (Wildman–Crippen LogP) is 5.14. The molecular formula is C24H30N2O3. The van der Waals surface area contributed by atoms with Crippen LogP contribution in [-0.4, -0.2) is 18.4 Å². The summed E-state index contributed by atoms with van der Waals surface area (Å²) in [5.41, 5.74) is 0.667. The van der Waals surface area contributed by atoms with Gasteiger partial charge < -0.3 is 15.4 Å². The SMILES string of the molecule is CCCCNC(=O)C1CCC(C(=O)Nc2ccccc2Oc2ccccc2)CC1. The monoisotopic (exact) mass is 394 g/mol. The van der Waals surface area contributed by atoms with Crippen LogP contribution in [0, 0.1) is 11.8 Å². The average Bonchev–Trinajstić information content (AvgIpc) is 2.76. The molecule has 3 rings (SSSR count). The second-order valence-corrected chi connectivity index (χ2v) is 7.59. The molecule has 2 aromatic rings. The lowest BCUT2D eigenvalue weighted by Gasteiger charge is -2.27. The predicted molar refractivity (Wildman–Crippen MR) is 115 cm³/mol. The third-order valence-corrected chi connectivity index (χ3v) is 5.41. The number of rotatable bonds is 8. The number of anilines is 1. The largest absolute Gasteiger partial charge is 0.455 e. The summed E-state index contributed by atoms with van der Waals surface area (Å²) in [6.07, 6.45) is 5.08. The van der Waals surface area contributed by atoms with Crippen LogP contribution in [0.25, 0.3) is 0 Å². The molecule has 2 amide bonds. The van der Waals surface area contributed by atoms with Gasteiger partial charge in [0.1, 0.15) is 5.75 Å². The molecule has 0 heterocycles. The van der Waals surface area contributed by atoms with Gasteiger partial charge in [0.25, 0.3) is 0 Å². The molecule has 5 nitrogen and oxygen atoms in total. The van der Waals surface area contributed by atoms with Crippen LogP contribution in [0.1, 0.15) is 45.4 Å². The van der Waals surface area contributed by atoms with Crippen molar-refractivity contribution in [3.63, 3.8) is 0 Å². The first-order chi connectivity index (χ1) is 14.2. The van der Waals surface area contributed by atoms with Gasteiger partial charge >= 0.3 is 0 Å². The Morgan fingerprint density at radius 2 is 1.52 bits per heavy atom. The molecule has 5 heteroatoms. The zero-order chi connectivity index (χ0) is 20.5. The fraction of sp³-hybridized carbons (Fsp3) is 0.417. The summed E-state index contributed by atoms with van der Waals surface area (Å²) in [5, 5.41) is 6.03. The third kappa shape index (κ3) is 6.08. The van der Waals surface area contributed by atoms with Gasteiger partial charge in [-0.3, -0.25) is 9.59 Å². The second kappa shape index (κ2) is 10.6. The Labute approximate surface area is 172 Å². The van der Waals surface area contributed by atoms with Crippen molar-refractivity contribution < 1.29 is 14.3 Å². The first-order valence-electron chi connectivity index (χ1n) is 10.6. The lowest BCUT2D eigenvalue weighted by Crippen LogP contribution is -2.35. The van der Waals surface area contributed by atoms with Gasteiger partial charge in [-0.2, -0.15) is 0 Å². The zero-order valence-electron chi connectivity index (χ0n) is 17.0. The van der Waals surface area contributed by atoms with Crippen LogP contribution < -0.4 is 15.4 Å². The zero-order valence-corrected chi connectivity index (χ0v) is 17.0.